The number of ether oxygens (including phenoxy) is 2. The van der Waals surface area contributed by atoms with E-state index in [2.05, 4.69) is 20.4 Å². The lowest BCUT2D eigenvalue weighted by Gasteiger charge is -2.16. The first-order chi connectivity index (χ1) is 12.8. The number of nitrogens with zero attached hydrogens (tertiary/aromatic N) is 1. The molecule has 0 bridgehead atoms. The van der Waals surface area contributed by atoms with E-state index >= 15 is 0 Å². The highest BCUT2D eigenvalue weighted by atomic mass is 127. The number of rotatable bonds is 6. The summed E-state index contributed by atoms with van der Waals surface area (Å²) in [5.41, 5.74) is 0.903. The number of halogens is 4. The van der Waals surface area contributed by atoms with Gasteiger partial charge in [0.1, 0.15) is 17.2 Å². The number of aromatic hydroxyl groups is 1. The molecule has 10 heteroatoms. The predicted molar refractivity (Wildman–Crippen MR) is 110 cm³/mol. The van der Waals surface area contributed by atoms with E-state index in [4.69, 9.17) is 4.74 Å². The molecule has 2 rings (SSSR count). The van der Waals surface area contributed by atoms with Crippen LogP contribution in [0, 0.1) is 0 Å². The van der Waals surface area contributed by atoms with Gasteiger partial charge in [-0.25, -0.2) is 0 Å². The summed E-state index contributed by atoms with van der Waals surface area (Å²) in [6, 6.07) is 10.7. The molecule has 2 aromatic rings. The number of phenols is 1. The summed E-state index contributed by atoms with van der Waals surface area (Å²) in [5.74, 6) is 0.742. The third kappa shape index (κ3) is 7.33. The zero-order chi connectivity index (χ0) is 19.9. The van der Waals surface area contributed by atoms with Crippen LogP contribution in [-0.4, -0.2) is 31.6 Å². The molecule has 0 heterocycles. The lowest BCUT2D eigenvalue weighted by atomic mass is 10.2. The number of para-hydroxylation sites is 1. The minimum atomic E-state index is -4.76. The van der Waals surface area contributed by atoms with Gasteiger partial charge in [-0.05, 0) is 24.3 Å². The second kappa shape index (κ2) is 10.8. The standard InChI is InChI=1S/C18H20F3N3O3.HI/c1-22-17(24-11-13-9-14(26-2)7-8-15(13)25)23-10-12-5-3-4-6-16(12)27-18(19,20)21;/h3-9,25H,10-11H2,1-2H3,(H2,22,23,24);1H. The minimum absolute atomic E-state index is 0. The van der Waals surface area contributed by atoms with E-state index in [1.807, 2.05) is 0 Å². The third-order valence-electron chi connectivity index (χ3n) is 3.60. The number of methoxy groups -OCH3 is 1. The number of nitrogens with one attached hydrogen (secondary N) is 2. The predicted octanol–water partition coefficient (Wildman–Crippen LogP) is 3.78. The van der Waals surface area contributed by atoms with Gasteiger partial charge in [-0.3, -0.25) is 4.99 Å². The average molecular weight is 511 g/mol. The van der Waals surface area contributed by atoms with Gasteiger partial charge in [-0.1, -0.05) is 18.2 Å². The van der Waals surface area contributed by atoms with Gasteiger partial charge in [-0.2, -0.15) is 0 Å². The van der Waals surface area contributed by atoms with Crippen LogP contribution >= 0.6 is 24.0 Å². The number of alkyl halides is 3. The van der Waals surface area contributed by atoms with Crippen molar-refractivity contribution in [2.24, 2.45) is 4.99 Å². The van der Waals surface area contributed by atoms with Gasteiger partial charge in [0, 0.05) is 31.3 Å². The van der Waals surface area contributed by atoms with Crippen molar-refractivity contribution in [2.75, 3.05) is 14.2 Å². The molecule has 0 saturated heterocycles. The van der Waals surface area contributed by atoms with Crippen LogP contribution in [0.15, 0.2) is 47.5 Å². The maximum absolute atomic E-state index is 12.5. The maximum atomic E-state index is 12.5. The summed E-state index contributed by atoms with van der Waals surface area (Å²) in [5, 5.41) is 15.8. The maximum Gasteiger partial charge on any atom is 0.573 e. The van der Waals surface area contributed by atoms with E-state index in [0.29, 0.717) is 22.8 Å². The number of benzene rings is 2. The molecule has 0 unspecified atom stereocenters. The summed E-state index contributed by atoms with van der Waals surface area (Å²) in [6.07, 6.45) is -4.76. The van der Waals surface area contributed by atoms with Crippen LogP contribution < -0.4 is 20.1 Å². The van der Waals surface area contributed by atoms with Crippen LogP contribution in [0.5, 0.6) is 17.2 Å². The smallest absolute Gasteiger partial charge is 0.508 e. The van der Waals surface area contributed by atoms with Gasteiger partial charge in [-0.15, -0.1) is 37.1 Å². The van der Waals surface area contributed by atoms with Crippen LogP contribution in [0.1, 0.15) is 11.1 Å². The monoisotopic (exact) mass is 511 g/mol. The lowest BCUT2D eigenvalue weighted by Crippen LogP contribution is -2.36. The Morgan fingerprint density at radius 3 is 2.32 bits per heavy atom. The molecule has 0 saturated carbocycles. The molecule has 0 aromatic heterocycles. The number of hydrogen-bond acceptors (Lipinski definition) is 4. The van der Waals surface area contributed by atoms with Crippen molar-refractivity contribution in [2.45, 2.75) is 19.5 Å². The quantitative estimate of drug-likeness (QED) is 0.313. The van der Waals surface area contributed by atoms with Crippen molar-refractivity contribution in [3.63, 3.8) is 0 Å². The molecule has 0 amide bonds. The molecule has 0 radical (unpaired) electrons. The molecule has 2 aromatic carbocycles. The van der Waals surface area contributed by atoms with Crippen LogP contribution in [0.2, 0.25) is 0 Å². The molecule has 0 spiro atoms. The molecular weight excluding hydrogens is 490 g/mol. The second-order valence-electron chi connectivity index (χ2n) is 5.43. The van der Waals surface area contributed by atoms with Crippen LogP contribution in [0.4, 0.5) is 13.2 Å². The summed E-state index contributed by atoms with van der Waals surface area (Å²) < 4.78 is 46.6. The van der Waals surface area contributed by atoms with Crippen molar-refractivity contribution in [3.8, 4) is 17.2 Å². The van der Waals surface area contributed by atoms with E-state index in [0.717, 1.165) is 0 Å². The highest BCUT2D eigenvalue weighted by Crippen LogP contribution is 2.26. The van der Waals surface area contributed by atoms with Gasteiger partial charge in [0.2, 0.25) is 0 Å². The fraction of sp³-hybridized carbons (Fsp3) is 0.278. The highest BCUT2D eigenvalue weighted by Gasteiger charge is 2.31. The van der Waals surface area contributed by atoms with E-state index in [1.165, 1.54) is 38.4 Å². The molecule has 0 aliphatic carbocycles. The van der Waals surface area contributed by atoms with Crippen LogP contribution in [0.3, 0.4) is 0 Å². The number of phenolic OH excluding ortho intramolecular Hbond substituents is 1. The summed E-state index contributed by atoms with van der Waals surface area (Å²) in [7, 11) is 3.05. The fourth-order valence-electron chi connectivity index (χ4n) is 2.28. The van der Waals surface area contributed by atoms with Gasteiger partial charge < -0.3 is 25.2 Å². The topological polar surface area (TPSA) is 75.1 Å². The molecule has 0 fully saturated rings. The van der Waals surface area contributed by atoms with Gasteiger partial charge >= 0.3 is 6.36 Å². The Hall–Kier alpha value is -2.37. The summed E-state index contributed by atoms with van der Waals surface area (Å²) in [6.45, 7) is 0.305. The zero-order valence-corrected chi connectivity index (χ0v) is 17.5. The number of aliphatic imine (C=N–C) groups is 1. The Balaban J connectivity index is 0.00000392. The molecule has 0 aliphatic heterocycles. The molecular formula is C18H21F3IN3O3. The van der Waals surface area contributed by atoms with Crippen molar-refractivity contribution in [1.29, 1.82) is 0 Å². The molecule has 6 nitrogen and oxygen atoms in total. The fourth-order valence-corrected chi connectivity index (χ4v) is 2.28. The van der Waals surface area contributed by atoms with E-state index in [9.17, 15) is 18.3 Å². The molecule has 3 N–H and O–H groups in total. The van der Waals surface area contributed by atoms with Crippen molar-refractivity contribution in [1.82, 2.24) is 10.6 Å². The van der Waals surface area contributed by atoms with E-state index in [1.54, 1.807) is 18.2 Å². The van der Waals surface area contributed by atoms with E-state index in [-0.39, 0.29) is 48.6 Å². The van der Waals surface area contributed by atoms with E-state index < -0.39 is 6.36 Å². The molecule has 154 valence electrons. The first kappa shape index (κ1) is 23.7. The SMILES string of the molecule is CN=C(NCc1cc(OC)ccc1O)NCc1ccccc1OC(F)(F)F.I. The van der Waals surface area contributed by atoms with Crippen molar-refractivity contribution < 1.29 is 27.8 Å². The Morgan fingerprint density at radius 2 is 1.71 bits per heavy atom. The van der Waals surface area contributed by atoms with Gasteiger partial charge in [0.05, 0.1) is 7.11 Å². The largest absolute Gasteiger partial charge is 0.573 e. The van der Waals surface area contributed by atoms with Crippen LogP contribution in [0.25, 0.3) is 0 Å². The van der Waals surface area contributed by atoms with Crippen molar-refractivity contribution in [3.05, 3.63) is 53.6 Å². The van der Waals surface area contributed by atoms with Gasteiger partial charge in [0.15, 0.2) is 5.96 Å². The first-order valence-electron chi connectivity index (χ1n) is 7.96. The van der Waals surface area contributed by atoms with Crippen LogP contribution in [-0.2, 0) is 13.1 Å². The third-order valence-corrected chi connectivity index (χ3v) is 3.60. The molecule has 0 atom stereocenters. The Kier molecular flexibility index (Phi) is 9.16. The molecule has 28 heavy (non-hydrogen) atoms. The Bertz CT molecular complexity index is 801. The van der Waals surface area contributed by atoms with Crippen molar-refractivity contribution >= 4 is 29.9 Å². The highest BCUT2D eigenvalue weighted by molar-refractivity contribution is 14.0. The Morgan fingerprint density at radius 1 is 1.07 bits per heavy atom. The number of guanidine groups is 1. The number of hydrogen-bond donors (Lipinski definition) is 3. The summed E-state index contributed by atoms with van der Waals surface area (Å²) >= 11 is 0. The summed E-state index contributed by atoms with van der Waals surface area (Å²) in [4.78, 5) is 4.01. The zero-order valence-electron chi connectivity index (χ0n) is 15.2. The second-order valence-corrected chi connectivity index (χ2v) is 5.43. The lowest BCUT2D eigenvalue weighted by molar-refractivity contribution is -0.274. The Labute approximate surface area is 177 Å². The average Bonchev–Trinajstić information content (AvgIpc) is 2.63. The van der Waals surface area contributed by atoms with Gasteiger partial charge in [0.25, 0.3) is 0 Å². The normalized spacial score (nSPS) is 11.4. The first-order valence-corrected chi connectivity index (χ1v) is 7.96. The minimum Gasteiger partial charge on any atom is -0.508 e. The molecule has 0 aliphatic rings.